The second kappa shape index (κ2) is 7.20. The van der Waals surface area contributed by atoms with Gasteiger partial charge in [0, 0.05) is 21.7 Å². The van der Waals surface area contributed by atoms with Crippen LogP contribution in [0.1, 0.15) is 25.3 Å². The number of phenolic OH excluding ortho intramolecular Hbond substituents is 1. The zero-order chi connectivity index (χ0) is 22.7. The van der Waals surface area contributed by atoms with Crippen molar-refractivity contribution in [3.63, 3.8) is 0 Å². The fraction of sp³-hybridized carbons (Fsp3) is 0.143. The molecule has 2 N–H and O–H groups in total. The molecule has 5 heteroatoms. The first-order valence-corrected chi connectivity index (χ1v) is 11.2. The van der Waals surface area contributed by atoms with Crippen LogP contribution in [0.15, 0.2) is 71.5 Å². The third-order valence-electron chi connectivity index (χ3n) is 6.57. The Balaban J connectivity index is 1.79. The first kappa shape index (κ1) is 19.6. The molecule has 0 unspecified atom stereocenters. The summed E-state index contributed by atoms with van der Waals surface area (Å²) in [6.45, 7) is 2.04. The maximum absolute atomic E-state index is 13.5. The molecule has 162 valence electrons. The molecule has 6 rings (SSSR count). The van der Waals surface area contributed by atoms with Gasteiger partial charge in [-0.15, -0.1) is 0 Å². The summed E-state index contributed by atoms with van der Waals surface area (Å²) in [5.74, 6) is -0.192. The lowest BCUT2D eigenvalue weighted by Gasteiger charge is -2.14. The number of phenols is 1. The third kappa shape index (κ3) is 2.72. The zero-order valence-corrected chi connectivity index (χ0v) is 18.2. The molecule has 0 fully saturated rings. The number of unbranched alkanes of at least 4 members (excludes halogenated alkanes) is 1. The Morgan fingerprint density at radius 2 is 1.70 bits per heavy atom. The molecule has 0 aliphatic heterocycles. The molecular weight excluding hydrogens is 412 g/mol. The van der Waals surface area contributed by atoms with Gasteiger partial charge in [0.05, 0.1) is 33.2 Å². The lowest BCUT2D eigenvalue weighted by molar-refractivity contribution is 0.458. The van der Waals surface area contributed by atoms with E-state index < -0.39 is 0 Å². The molecule has 0 saturated heterocycles. The Morgan fingerprint density at radius 1 is 0.909 bits per heavy atom. The second-order valence-electron chi connectivity index (χ2n) is 8.52. The topological polar surface area (TPSA) is 74.8 Å². The molecule has 0 saturated carbocycles. The Kier molecular flexibility index (Phi) is 4.27. The molecule has 0 aliphatic carbocycles. The van der Waals surface area contributed by atoms with Crippen LogP contribution in [-0.4, -0.2) is 19.6 Å². The number of aromatic nitrogens is 2. The largest absolute Gasteiger partial charge is 0.507 e. The molecule has 3 heterocycles. The zero-order valence-electron chi connectivity index (χ0n) is 18.2. The molecule has 0 spiro atoms. The maximum Gasteiger partial charge on any atom is 0.262 e. The standard InChI is InChI=1S/C28H22N2O3/c1-2-3-9-18-26(31)24-25-19(17-10-5-7-12-23(17)30(25)28(18)33)15-20(27(24)32)22-14-13-16-8-4-6-11-21(16)29-22/h4-8,10-15,31-32H,2-3,9H2,1H3. The number of nitrogens with zero attached hydrogens (tertiary/aromatic N) is 2. The minimum Gasteiger partial charge on any atom is -0.507 e. The van der Waals surface area contributed by atoms with E-state index in [-0.39, 0.29) is 17.1 Å². The molecule has 0 radical (unpaired) electrons. The van der Waals surface area contributed by atoms with Gasteiger partial charge < -0.3 is 10.2 Å². The van der Waals surface area contributed by atoms with E-state index in [2.05, 4.69) is 0 Å². The van der Waals surface area contributed by atoms with Crippen molar-refractivity contribution in [1.82, 2.24) is 9.38 Å². The van der Waals surface area contributed by atoms with Gasteiger partial charge in [-0.25, -0.2) is 4.98 Å². The molecule has 0 bridgehead atoms. The minimum atomic E-state index is -0.226. The quantitative estimate of drug-likeness (QED) is 0.356. The van der Waals surface area contributed by atoms with Gasteiger partial charge in [0.25, 0.3) is 5.56 Å². The van der Waals surface area contributed by atoms with Crippen molar-refractivity contribution in [3.8, 4) is 22.8 Å². The van der Waals surface area contributed by atoms with E-state index >= 15 is 0 Å². The molecule has 5 nitrogen and oxygen atoms in total. The highest BCUT2D eigenvalue weighted by molar-refractivity contribution is 6.19. The lowest BCUT2D eigenvalue weighted by Crippen LogP contribution is -2.18. The summed E-state index contributed by atoms with van der Waals surface area (Å²) in [4.78, 5) is 18.2. The number of rotatable bonds is 4. The second-order valence-corrected chi connectivity index (χ2v) is 8.52. The number of pyridine rings is 2. The van der Waals surface area contributed by atoms with Crippen LogP contribution in [0.25, 0.3) is 49.4 Å². The number of para-hydroxylation sites is 2. The first-order valence-electron chi connectivity index (χ1n) is 11.2. The first-order chi connectivity index (χ1) is 16.1. The van der Waals surface area contributed by atoms with Crippen molar-refractivity contribution < 1.29 is 10.2 Å². The van der Waals surface area contributed by atoms with Crippen molar-refractivity contribution in [2.45, 2.75) is 26.2 Å². The molecular formula is C28H22N2O3. The van der Waals surface area contributed by atoms with Gasteiger partial charge in [0.1, 0.15) is 11.5 Å². The third-order valence-corrected chi connectivity index (χ3v) is 6.57. The molecule has 3 aromatic heterocycles. The molecule has 3 aromatic carbocycles. The summed E-state index contributed by atoms with van der Waals surface area (Å²) < 4.78 is 1.64. The summed E-state index contributed by atoms with van der Waals surface area (Å²) in [6, 6.07) is 21.2. The summed E-state index contributed by atoms with van der Waals surface area (Å²) in [5, 5.41) is 25.7. The SMILES string of the molecule is CCCCc1c(O)c2c(O)c(-c3ccc4ccccc4n3)cc3c4ccccc4n(c1=O)c23. The number of hydrogen-bond donors (Lipinski definition) is 2. The van der Waals surface area contributed by atoms with Crippen LogP contribution in [0.2, 0.25) is 0 Å². The number of aromatic hydroxyl groups is 2. The number of hydrogen-bond acceptors (Lipinski definition) is 4. The average molecular weight is 434 g/mol. The molecule has 0 amide bonds. The van der Waals surface area contributed by atoms with Crippen LogP contribution in [0.4, 0.5) is 0 Å². The predicted octanol–water partition coefficient (Wildman–Crippen LogP) is 6.01. The van der Waals surface area contributed by atoms with Crippen LogP contribution in [-0.2, 0) is 6.42 Å². The lowest BCUT2D eigenvalue weighted by atomic mass is 9.98. The van der Waals surface area contributed by atoms with E-state index in [1.54, 1.807) is 4.40 Å². The van der Waals surface area contributed by atoms with Crippen LogP contribution < -0.4 is 5.56 Å². The number of fused-ring (bicyclic) bond motifs is 4. The van der Waals surface area contributed by atoms with Crippen LogP contribution in [0, 0.1) is 0 Å². The van der Waals surface area contributed by atoms with E-state index in [0.717, 1.165) is 40.0 Å². The van der Waals surface area contributed by atoms with Crippen LogP contribution in [0.3, 0.4) is 0 Å². The Morgan fingerprint density at radius 3 is 2.55 bits per heavy atom. The van der Waals surface area contributed by atoms with Gasteiger partial charge in [-0.05, 0) is 37.1 Å². The van der Waals surface area contributed by atoms with Gasteiger partial charge in [0.2, 0.25) is 0 Å². The summed E-state index contributed by atoms with van der Waals surface area (Å²) in [7, 11) is 0. The summed E-state index contributed by atoms with van der Waals surface area (Å²) >= 11 is 0. The monoisotopic (exact) mass is 434 g/mol. The Labute approximate surface area is 189 Å². The summed E-state index contributed by atoms with van der Waals surface area (Å²) in [5.41, 5.74) is 3.39. The predicted molar refractivity (Wildman–Crippen MR) is 133 cm³/mol. The normalized spacial score (nSPS) is 11.9. The molecule has 0 aliphatic rings. The van der Waals surface area contributed by atoms with Crippen molar-refractivity contribution in [3.05, 3.63) is 82.6 Å². The maximum atomic E-state index is 13.5. The Bertz CT molecular complexity index is 1750. The highest BCUT2D eigenvalue weighted by Gasteiger charge is 2.25. The van der Waals surface area contributed by atoms with E-state index in [9.17, 15) is 15.0 Å². The van der Waals surface area contributed by atoms with Crippen molar-refractivity contribution in [2.24, 2.45) is 0 Å². The fourth-order valence-corrected chi connectivity index (χ4v) is 4.93. The highest BCUT2D eigenvalue weighted by atomic mass is 16.3. The number of benzene rings is 3. The van der Waals surface area contributed by atoms with Gasteiger partial charge in [0.15, 0.2) is 0 Å². The van der Waals surface area contributed by atoms with Crippen LogP contribution in [0.5, 0.6) is 11.5 Å². The van der Waals surface area contributed by atoms with Crippen molar-refractivity contribution in [1.29, 1.82) is 0 Å². The van der Waals surface area contributed by atoms with E-state index in [1.807, 2.05) is 73.7 Å². The van der Waals surface area contributed by atoms with E-state index in [0.29, 0.717) is 34.1 Å². The van der Waals surface area contributed by atoms with Crippen molar-refractivity contribution >= 4 is 38.1 Å². The van der Waals surface area contributed by atoms with Crippen LogP contribution >= 0.6 is 0 Å². The Hall–Kier alpha value is -4.12. The fourth-order valence-electron chi connectivity index (χ4n) is 4.93. The molecule has 0 atom stereocenters. The van der Waals surface area contributed by atoms with Gasteiger partial charge in [-0.1, -0.05) is 55.8 Å². The average Bonchev–Trinajstić information content (AvgIpc) is 3.17. The van der Waals surface area contributed by atoms with E-state index in [4.69, 9.17) is 4.98 Å². The van der Waals surface area contributed by atoms with E-state index in [1.165, 1.54) is 0 Å². The van der Waals surface area contributed by atoms with Crippen molar-refractivity contribution in [2.75, 3.05) is 0 Å². The van der Waals surface area contributed by atoms with Gasteiger partial charge in [-0.3, -0.25) is 9.20 Å². The molecule has 6 aromatic rings. The van der Waals surface area contributed by atoms with Gasteiger partial charge >= 0.3 is 0 Å². The summed E-state index contributed by atoms with van der Waals surface area (Å²) in [6.07, 6.45) is 2.12. The highest BCUT2D eigenvalue weighted by Crippen LogP contribution is 2.46. The smallest absolute Gasteiger partial charge is 0.262 e. The molecule has 33 heavy (non-hydrogen) atoms. The van der Waals surface area contributed by atoms with Gasteiger partial charge in [-0.2, -0.15) is 0 Å². The minimum absolute atomic E-state index is 0.0617.